The van der Waals surface area contributed by atoms with Crippen LogP contribution in [0.2, 0.25) is 5.15 Å². The summed E-state index contributed by atoms with van der Waals surface area (Å²) in [6.45, 7) is 2.04. The lowest BCUT2D eigenvalue weighted by molar-refractivity contribution is -0.130. The summed E-state index contributed by atoms with van der Waals surface area (Å²) in [6, 6.07) is 9.25. The van der Waals surface area contributed by atoms with E-state index in [1.807, 2.05) is 42.0 Å². The van der Waals surface area contributed by atoms with Crippen LogP contribution in [0, 0.1) is 5.92 Å². The van der Waals surface area contributed by atoms with Crippen LogP contribution in [0.15, 0.2) is 40.1 Å². The molecule has 2 unspecified atom stereocenters. The maximum atomic E-state index is 12.4. The zero-order valence-corrected chi connectivity index (χ0v) is 16.1. The van der Waals surface area contributed by atoms with Crippen LogP contribution in [-0.4, -0.2) is 36.7 Å². The van der Waals surface area contributed by atoms with Crippen LogP contribution in [0.5, 0.6) is 0 Å². The SMILES string of the molecule is CC(c1ccccc1)N1CC(C(=O)NS(=O)(=O)c2nc(Cl)cs2)CC1=O. The topological polar surface area (TPSA) is 96.4 Å². The number of hydrogen-bond donors (Lipinski definition) is 1. The van der Waals surface area contributed by atoms with Crippen LogP contribution in [0.1, 0.15) is 24.9 Å². The summed E-state index contributed by atoms with van der Waals surface area (Å²) in [5, 5.41) is 1.41. The van der Waals surface area contributed by atoms with E-state index in [1.54, 1.807) is 4.90 Å². The lowest BCUT2D eigenvalue weighted by Gasteiger charge is -2.25. The molecule has 2 aromatic rings. The molecule has 1 aromatic carbocycles. The molecule has 1 N–H and O–H groups in total. The van der Waals surface area contributed by atoms with E-state index >= 15 is 0 Å². The van der Waals surface area contributed by atoms with Gasteiger partial charge < -0.3 is 4.90 Å². The summed E-state index contributed by atoms with van der Waals surface area (Å²) in [4.78, 5) is 29.9. The Morgan fingerprint density at radius 1 is 1.38 bits per heavy atom. The molecule has 10 heteroatoms. The van der Waals surface area contributed by atoms with Gasteiger partial charge in [0.25, 0.3) is 10.0 Å². The molecule has 2 amide bonds. The van der Waals surface area contributed by atoms with Crippen molar-refractivity contribution in [2.75, 3.05) is 6.54 Å². The third-order valence-electron chi connectivity index (χ3n) is 4.20. The van der Waals surface area contributed by atoms with Crippen molar-refractivity contribution in [1.82, 2.24) is 14.6 Å². The van der Waals surface area contributed by atoms with Gasteiger partial charge in [0, 0.05) is 18.3 Å². The molecule has 0 bridgehead atoms. The van der Waals surface area contributed by atoms with Gasteiger partial charge >= 0.3 is 0 Å². The number of likely N-dealkylation sites (tertiary alicyclic amines) is 1. The fourth-order valence-electron chi connectivity index (χ4n) is 2.81. The molecule has 26 heavy (non-hydrogen) atoms. The Morgan fingerprint density at radius 3 is 2.69 bits per heavy atom. The van der Waals surface area contributed by atoms with Crippen LogP contribution < -0.4 is 4.72 Å². The quantitative estimate of drug-likeness (QED) is 0.810. The lowest BCUT2D eigenvalue weighted by atomic mass is 10.1. The number of sulfonamides is 1. The summed E-state index contributed by atoms with van der Waals surface area (Å²) in [5.74, 6) is -1.64. The van der Waals surface area contributed by atoms with E-state index in [1.165, 1.54) is 5.38 Å². The van der Waals surface area contributed by atoms with Gasteiger partial charge in [-0.1, -0.05) is 41.9 Å². The number of nitrogens with zero attached hydrogens (tertiary/aromatic N) is 2. The van der Waals surface area contributed by atoms with Crippen LogP contribution >= 0.6 is 22.9 Å². The van der Waals surface area contributed by atoms with Crippen molar-refractivity contribution in [2.24, 2.45) is 5.92 Å². The molecule has 7 nitrogen and oxygen atoms in total. The van der Waals surface area contributed by atoms with Gasteiger partial charge in [0.05, 0.1) is 12.0 Å². The van der Waals surface area contributed by atoms with E-state index in [0.717, 1.165) is 16.9 Å². The first-order valence-electron chi connectivity index (χ1n) is 7.80. The average Bonchev–Trinajstić information content (AvgIpc) is 3.21. The van der Waals surface area contributed by atoms with E-state index in [-0.39, 0.29) is 34.4 Å². The van der Waals surface area contributed by atoms with Crippen molar-refractivity contribution < 1.29 is 18.0 Å². The molecule has 1 aromatic heterocycles. The maximum Gasteiger partial charge on any atom is 0.291 e. The number of aromatic nitrogens is 1. The Bertz CT molecular complexity index is 930. The molecule has 138 valence electrons. The van der Waals surface area contributed by atoms with Crippen LogP contribution in [0.25, 0.3) is 0 Å². The molecule has 1 aliphatic rings. The second-order valence-corrected chi connectivity index (χ2v) is 9.04. The molecular formula is C16H16ClN3O4S2. The van der Waals surface area contributed by atoms with Gasteiger partial charge in [-0.3, -0.25) is 9.59 Å². The number of thiazole rings is 1. The lowest BCUT2D eigenvalue weighted by Crippen LogP contribution is -2.37. The number of carbonyl (C=O) groups excluding carboxylic acids is 2. The fourth-order valence-corrected chi connectivity index (χ4v) is 5.05. The maximum absolute atomic E-state index is 12.4. The third kappa shape index (κ3) is 3.89. The molecule has 0 saturated carbocycles. The number of amides is 2. The zero-order valence-electron chi connectivity index (χ0n) is 13.8. The van der Waals surface area contributed by atoms with Gasteiger partial charge in [-0.15, -0.1) is 11.3 Å². The van der Waals surface area contributed by atoms with E-state index in [2.05, 4.69) is 4.98 Å². The molecule has 0 spiro atoms. The standard InChI is InChI=1S/C16H16ClN3O4S2/c1-10(11-5-3-2-4-6-11)20-8-12(7-14(20)21)15(22)19-26(23,24)16-18-13(17)9-25-16/h2-6,9-10,12H,7-8H2,1H3,(H,19,22). The molecule has 0 aliphatic carbocycles. The summed E-state index contributed by atoms with van der Waals surface area (Å²) in [6.07, 6.45) is -0.0306. The minimum atomic E-state index is -4.09. The van der Waals surface area contributed by atoms with Gasteiger partial charge in [0.2, 0.25) is 16.2 Å². The monoisotopic (exact) mass is 413 g/mol. The number of nitrogens with one attached hydrogen (secondary N) is 1. The van der Waals surface area contributed by atoms with Crippen molar-refractivity contribution in [1.29, 1.82) is 0 Å². The molecule has 3 rings (SSSR count). The summed E-state index contributed by atoms with van der Waals surface area (Å²) in [5.41, 5.74) is 0.951. The second kappa shape index (κ2) is 7.34. The smallest absolute Gasteiger partial charge is 0.291 e. The number of benzene rings is 1. The van der Waals surface area contributed by atoms with Gasteiger partial charge in [-0.25, -0.2) is 9.71 Å². The molecule has 1 fully saturated rings. The predicted molar refractivity (Wildman–Crippen MR) is 97.1 cm³/mol. The van der Waals surface area contributed by atoms with Crippen LogP contribution in [0.4, 0.5) is 0 Å². The number of rotatable bonds is 5. The first-order chi connectivity index (χ1) is 12.3. The molecule has 1 saturated heterocycles. The van der Waals surface area contributed by atoms with Crippen LogP contribution in [-0.2, 0) is 19.6 Å². The first kappa shape index (κ1) is 18.8. The Hall–Kier alpha value is -1.97. The fraction of sp³-hybridized carbons (Fsp3) is 0.312. The summed E-state index contributed by atoms with van der Waals surface area (Å²) in [7, 11) is -4.09. The van der Waals surface area contributed by atoms with Gasteiger partial charge in [0.1, 0.15) is 5.15 Å². The van der Waals surface area contributed by atoms with E-state index in [0.29, 0.717) is 0 Å². The highest BCUT2D eigenvalue weighted by molar-refractivity contribution is 7.92. The van der Waals surface area contributed by atoms with E-state index in [4.69, 9.17) is 11.6 Å². The Labute approximate surface area is 160 Å². The molecule has 2 atom stereocenters. The highest BCUT2D eigenvalue weighted by Gasteiger charge is 2.38. The first-order valence-corrected chi connectivity index (χ1v) is 10.5. The van der Waals surface area contributed by atoms with E-state index < -0.39 is 21.8 Å². The van der Waals surface area contributed by atoms with Crippen molar-refractivity contribution in [3.63, 3.8) is 0 Å². The number of hydrogen-bond acceptors (Lipinski definition) is 6. The highest BCUT2D eigenvalue weighted by atomic mass is 35.5. The van der Waals surface area contributed by atoms with E-state index in [9.17, 15) is 18.0 Å². The minimum absolute atomic E-state index is 0.0306. The van der Waals surface area contributed by atoms with Gasteiger partial charge in [-0.05, 0) is 12.5 Å². The van der Waals surface area contributed by atoms with Crippen molar-refractivity contribution in [3.05, 3.63) is 46.4 Å². The largest absolute Gasteiger partial charge is 0.335 e. The van der Waals surface area contributed by atoms with Crippen molar-refractivity contribution in [2.45, 2.75) is 23.7 Å². The predicted octanol–water partition coefficient (Wildman–Crippen LogP) is 2.21. The molecule has 1 aliphatic heterocycles. The number of carbonyl (C=O) groups is 2. The zero-order chi connectivity index (χ0) is 18.9. The highest BCUT2D eigenvalue weighted by Crippen LogP contribution is 2.29. The summed E-state index contributed by atoms with van der Waals surface area (Å²) >= 11 is 6.45. The minimum Gasteiger partial charge on any atom is -0.335 e. The Balaban J connectivity index is 1.69. The average molecular weight is 414 g/mol. The Morgan fingerprint density at radius 2 is 2.08 bits per heavy atom. The molecular weight excluding hydrogens is 398 g/mol. The third-order valence-corrected chi connectivity index (χ3v) is 7.12. The van der Waals surface area contributed by atoms with Crippen LogP contribution in [0.3, 0.4) is 0 Å². The second-order valence-electron chi connectivity index (χ2n) is 5.94. The van der Waals surface area contributed by atoms with Gasteiger partial charge in [-0.2, -0.15) is 8.42 Å². The Kier molecular flexibility index (Phi) is 5.31. The van der Waals surface area contributed by atoms with Crippen molar-refractivity contribution >= 4 is 44.8 Å². The molecule has 0 radical (unpaired) electrons. The summed E-state index contributed by atoms with van der Waals surface area (Å²) < 4.78 is 26.1. The molecule has 2 heterocycles. The van der Waals surface area contributed by atoms with Gasteiger partial charge in [0.15, 0.2) is 0 Å². The normalized spacial score (nSPS) is 18.8. The van der Waals surface area contributed by atoms with Crippen molar-refractivity contribution in [3.8, 4) is 0 Å². The number of halogens is 1.